The Kier molecular flexibility index (Phi) is 4.66. The van der Waals surface area contributed by atoms with Gasteiger partial charge in [0.15, 0.2) is 0 Å². The van der Waals surface area contributed by atoms with Gasteiger partial charge in [-0.15, -0.1) is 0 Å². The molecule has 0 saturated carbocycles. The molecule has 0 spiro atoms. The molecule has 24 heavy (non-hydrogen) atoms. The number of halogens is 2. The number of amides is 1. The molecule has 5 nitrogen and oxygen atoms in total. The van der Waals surface area contributed by atoms with E-state index >= 15 is 0 Å². The Hall–Kier alpha value is -2.60. The fraction of sp³-hybridized carbons (Fsp3) is 0.176. The number of carbonyl (C=O) groups excluding carboxylic acids is 1. The lowest BCUT2D eigenvalue weighted by Crippen LogP contribution is -2.28. The molecule has 1 N–H and O–H groups in total. The van der Waals surface area contributed by atoms with Crippen LogP contribution in [0.2, 0.25) is 5.02 Å². The quantitative estimate of drug-likeness (QED) is 0.918. The SMILES string of the molecule is COc1ccc(NC(=O)[C@H]2CC(c3c(F)cccc3Cl)=NO2)cc1. The zero-order valence-electron chi connectivity index (χ0n) is 12.8. The first-order valence-corrected chi connectivity index (χ1v) is 7.58. The summed E-state index contributed by atoms with van der Waals surface area (Å²) in [6, 6.07) is 11.2. The predicted octanol–water partition coefficient (Wildman–Crippen LogP) is 3.62. The second kappa shape index (κ2) is 6.88. The van der Waals surface area contributed by atoms with E-state index in [4.69, 9.17) is 21.2 Å². The number of nitrogens with one attached hydrogen (secondary N) is 1. The summed E-state index contributed by atoms with van der Waals surface area (Å²) < 4.78 is 19.0. The van der Waals surface area contributed by atoms with E-state index in [0.717, 1.165) is 0 Å². The first-order chi connectivity index (χ1) is 11.6. The fourth-order valence-corrected chi connectivity index (χ4v) is 2.61. The highest BCUT2D eigenvalue weighted by atomic mass is 35.5. The molecule has 1 amide bonds. The van der Waals surface area contributed by atoms with Gasteiger partial charge in [0.2, 0.25) is 6.10 Å². The molecule has 0 bridgehead atoms. The van der Waals surface area contributed by atoms with Crippen LogP contribution < -0.4 is 10.1 Å². The van der Waals surface area contributed by atoms with Crippen LogP contribution >= 0.6 is 11.6 Å². The van der Waals surface area contributed by atoms with Gasteiger partial charge in [-0.25, -0.2) is 4.39 Å². The molecule has 0 aromatic heterocycles. The summed E-state index contributed by atoms with van der Waals surface area (Å²) in [4.78, 5) is 17.4. The Morgan fingerprint density at radius 3 is 2.75 bits per heavy atom. The number of ether oxygens (including phenoxy) is 1. The van der Waals surface area contributed by atoms with Crippen molar-refractivity contribution in [3.05, 3.63) is 58.9 Å². The minimum absolute atomic E-state index is 0.142. The molecular weight excluding hydrogens is 335 g/mol. The van der Waals surface area contributed by atoms with E-state index in [0.29, 0.717) is 17.1 Å². The van der Waals surface area contributed by atoms with E-state index in [9.17, 15) is 9.18 Å². The predicted molar refractivity (Wildman–Crippen MR) is 89.1 cm³/mol. The minimum atomic E-state index is -0.835. The second-order valence-corrected chi connectivity index (χ2v) is 5.56. The molecule has 0 radical (unpaired) electrons. The van der Waals surface area contributed by atoms with E-state index in [1.807, 2.05) is 0 Å². The lowest BCUT2D eigenvalue weighted by molar-refractivity contribution is -0.125. The van der Waals surface area contributed by atoms with E-state index < -0.39 is 11.9 Å². The summed E-state index contributed by atoms with van der Waals surface area (Å²) in [6.07, 6.45) is -0.694. The molecule has 2 aromatic carbocycles. The largest absolute Gasteiger partial charge is 0.497 e. The van der Waals surface area contributed by atoms with Crippen LogP contribution in [0.1, 0.15) is 12.0 Å². The smallest absolute Gasteiger partial charge is 0.268 e. The van der Waals surface area contributed by atoms with Crippen molar-refractivity contribution in [3.8, 4) is 5.75 Å². The monoisotopic (exact) mass is 348 g/mol. The minimum Gasteiger partial charge on any atom is -0.497 e. The lowest BCUT2D eigenvalue weighted by Gasteiger charge is -2.10. The first kappa shape index (κ1) is 16.3. The molecule has 1 atom stereocenters. The number of anilines is 1. The van der Waals surface area contributed by atoms with Gasteiger partial charge in [-0.3, -0.25) is 4.79 Å². The molecule has 0 fully saturated rings. The van der Waals surface area contributed by atoms with E-state index in [1.165, 1.54) is 12.1 Å². The number of rotatable bonds is 4. The maximum absolute atomic E-state index is 13.9. The first-order valence-electron chi connectivity index (χ1n) is 7.20. The molecule has 3 rings (SSSR count). The highest BCUT2D eigenvalue weighted by Gasteiger charge is 2.31. The Morgan fingerprint density at radius 1 is 1.33 bits per heavy atom. The van der Waals surface area contributed by atoms with Crippen LogP contribution in [0, 0.1) is 5.82 Å². The van der Waals surface area contributed by atoms with Crippen molar-refractivity contribution in [2.75, 3.05) is 12.4 Å². The van der Waals surface area contributed by atoms with Gasteiger partial charge in [0.25, 0.3) is 5.91 Å². The number of nitrogens with zero attached hydrogens (tertiary/aromatic N) is 1. The van der Waals surface area contributed by atoms with Crippen LogP contribution in [0.5, 0.6) is 5.75 Å². The highest BCUT2D eigenvalue weighted by molar-refractivity contribution is 6.34. The van der Waals surface area contributed by atoms with Gasteiger partial charge in [-0.05, 0) is 36.4 Å². The van der Waals surface area contributed by atoms with Gasteiger partial charge in [0.05, 0.1) is 23.4 Å². The van der Waals surface area contributed by atoms with Crippen LogP contribution in [-0.4, -0.2) is 24.8 Å². The van der Waals surface area contributed by atoms with E-state index in [-0.39, 0.29) is 22.9 Å². The van der Waals surface area contributed by atoms with Crippen molar-refractivity contribution in [2.24, 2.45) is 5.16 Å². The molecule has 0 aliphatic carbocycles. The molecular formula is C17H14ClFN2O3. The van der Waals surface area contributed by atoms with Crippen molar-refractivity contribution in [3.63, 3.8) is 0 Å². The number of hydrogen-bond donors (Lipinski definition) is 1. The van der Waals surface area contributed by atoms with Gasteiger partial charge in [0, 0.05) is 12.1 Å². The molecule has 2 aromatic rings. The maximum Gasteiger partial charge on any atom is 0.268 e. The molecule has 1 aliphatic rings. The van der Waals surface area contributed by atoms with Crippen molar-refractivity contribution in [2.45, 2.75) is 12.5 Å². The standard InChI is InChI=1S/C17H14ClFN2O3/c1-23-11-7-5-10(6-8-11)20-17(22)15-9-14(21-24-15)16-12(18)3-2-4-13(16)19/h2-8,15H,9H2,1H3,(H,20,22)/t15-/m1/s1. The summed E-state index contributed by atoms with van der Waals surface area (Å²) in [5, 5.41) is 6.76. The number of benzene rings is 2. The summed E-state index contributed by atoms with van der Waals surface area (Å²) >= 11 is 6.01. The molecule has 1 heterocycles. The lowest BCUT2D eigenvalue weighted by atomic mass is 10.0. The number of methoxy groups -OCH3 is 1. The molecule has 0 unspecified atom stereocenters. The van der Waals surface area contributed by atoms with Gasteiger partial charge in [-0.2, -0.15) is 0 Å². The van der Waals surface area contributed by atoms with Crippen molar-refractivity contribution >= 4 is 28.9 Å². The van der Waals surface area contributed by atoms with E-state index in [1.54, 1.807) is 37.4 Å². The third-order valence-corrected chi connectivity index (χ3v) is 3.89. The molecule has 124 valence electrons. The Morgan fingerprint density at radius 2 is 2.08 bits per heavy atom. The van der Waals surface area contributed by atoms with Crippen LogP contribution in [-0.2, 0) is 9.63 Å². The van der Waals surface area contributed by atoms with E-state index in [2.05, 4.69) is 10.5 Å². The summed E-state index contributed by atoms with van der Waals surface area (Å²) in [6.45, 7) is 0. The maximum atomic E-state index is 13.9. The van der Waals surface area contributed by atoms with Gasteiger partial charge in [0.1, 0.15) is 11.6 Å². The summed E-state index contributed by atoms with van der Waals surface area (Å²) in [7, 11) is 1.56. The Balaban J connectivity index is 1.67. The van der Waals surface area contributed by atoms with Crippen molar-refractivity contribution < 1.29 is 18.8 Å². The van der Waals surface area contributed by atoms with Crippen LogP contribution in [0.3, 0.4) is 0 Å². The number of carbonyl (C=O) groups is 1. The third kappa shape index (κ3) is 3.33. The number of hydrogen-bond acceptors (Lipinski definition) is 4. The van der Waals surface area contributed by atoms with Gasteiger partial charge < -0.3 is 14.9 Å². The van der Waals surface area contributed by atoms with Crippen molar-refractivity contribution in [1.29, 1.82) is 0 Å². The zero-order chi connectivity index (χ0) is 17.1. The van der Waals surface area contributed by atoms with Crippen LogP contribution in [0.4, 0.5) is 10.1 Å². The molecule has 0 saturated heterocycles. The normalized spacial score (nSPS) is 16.3. The fourth-order valence-electron chi connectivity index (χ4n) is 2.34. The van der Waals surface area contributed by atoms with Gasteiger partial charge >= 0.3 is 0 Å². The molecule has 1 aliphatic heterocycles. The zero-order valence-corrected chi connectivity index (χ0v) is 13.5. The average Bonchev–Trinajstić information content (AvgIpc) is 3.05. The van der Waals surface area contributed by atoms with Crippen LogP contribution in [0.25, 0.3) is 0 Å². The third-order valence-electron chi connectivity index (χ3n) is 3.57. The second-order valence-electron chi connectivity index (χ2n) is 5.15. The highest BCUT2D eigenvalue weighted by Crippen LogP contribution is 2.26. The average molecular weight is 349 g/mol. The number of oxime groups is 1. The summed E-state index contributed by atoms with van der Waals surface area (Å²) in [5.74, 6) is -0.183. The topological polar surface area (TPSA) is 59.9 Å². The van der Waals surface area contributed by atoms with Crippen LogP contribution in [0.15, 0.2) is 47.6 Å². The Labute approximate surface area is 143 Å². The summed E-state index contributed by atoms with van der Waals surface area (Å²) in [5.41, 5.74) is 1.08. The molecule has 7 heteroatoms. The Bertz CT molecular complexity index is 773. The van der Waals surface area contributed by atoms with Gasteiger partial charge in [-0.1, -0.05) is 22.8 Å². The van der Waals surface area contributed by atoms with Crippen molar-refractivity contribution in [1.82, 2.24) is 0 Å².